The zero-order valence-corrected chi connectivity index (χ0v) is 14.5. The molecule has 2 aromatic rings. The van der Waals surface area contributed by atoms with Crippen LogP contribution in [-0.4, -0.2) is 29.0 Å². The second-order valence-electron chi connectivity index (χ2n) is 6.52. The Morgan fingerprint density at radius 3 is 2.32 bits per heavy atom. The minimum Gasteiger partial charge on any atom is -0.390 e. The summed E-state index contributed by atoms with van der Waals surface area (Å²) in [4.78, 5) is 0. The summed E-state index contributed by atoms with van der Waals surface area (Å²) in [6, 6.07) is 18.8. The molecule has 4 nitrogen and oxygen atoms in total. The lowest BCUT2D eigenvalue weighted by Crippen LogP contribution is -2.37. The molecule has 0 spiro atoms. The summed E-state index contributed by atoms with van der Waals surface area (Å²) in [5.74, 6) is -1.31. The molecule has 4 heteroatoms. The summed E-state index contributed by atoms with van der Waals surface area (Å²) in [7, 11) is 0. The van der Waals surface area contributed by atoms with Gasteiger partial charge in [0.15, 0.2) is 0 Å². The van der Waals surface area contributed by atoms with Crippen molar-refractivity contribution in [3.8, 4) is 0 Å². The van der Waals surface area contributed by atoms with E-state index in [1.165, 1.54) is 0 Å². The fourth-order valence-electron chi connectivity index (χ4n) is 3.27. The van der Waals surface area contributed by atoms with Gasteiger partial charge in [-0.3, -0.25) is 0 Å². The molecule has 0 radical (unpaired) electrons. The van der Waals surface area contributed by atoms with E-state index in [-0.39, 0.29) is 6.61 Å². The average molecular weight is 342 g/mol. The maximum absolute atomic E-state index is 11.1. The van der Waals surface area contributed by atoms with Crippen molar-refractivity contribution >= 4 is 0 Å². The van der Waals surface area contributed by atoms with Crippen molar-refractivity contribution < 1.29 is 19.7 Å². The smallest absolute Gasteiger partial charge is 0.226 e. The van der Waals surface area contributed by atoms with Gasteiger partial charge in [0.2, 0.25) is 5.79 Å². The van der Waals surface area contributed by atoms with Gasteiger partial charge in [0.1, 0.15) is 12.2 Å². The van der Waals surface area contributed by atoms with Crippen LogP contribution in [0.2, 0.25) is 0 Å². The second-order valence-corrected chi connectivity index (χ2v) is 6.52. The Hall–Kier alpha value is -1.72. The molecule has 25 heavy (non-hydrogen) atoms. The molecule has 3 rings (SSSR count). The highest BCUT2D eigenvalue weighted by atomic mass is 16.8. The second kappa shape index (κ2) is 8.11. The van der Waals surface area contributed by atoms with Crippen molar-refractivity contribution in [2.45, 2.75) is 50.3 Å². The van der Waals surface area contributed by atoms with Crippen molar-refractivity contribution in [2.24, 2.45) is 0 Å². The standard InChI is InChI=1S/C21H26O4/c1-2-3-14-18(22)19-15-24-21(25-19,17-12-8-5-9-13-17)20(23)16-10-6-4-7-11-16/h4-13,18-20,22-23H,2-3,14-15H2,1H3. The Balaban J connectivity index is 1.90. The van der Waals surface area contributed by atoms with E-state index in [9.17, 15) is 10.2 Å². The number of ether oxygens (including phenoxy) is 2. The van der Waals surface area contributed by atoms with Crippen LogP contribution in [0, 0.1) is 0 Å². The molecular weight excluding hydrogens is 316 g/mol. The SMILES string of the molecule is CCCCC(O)C1COC(c2ccccc2)(C(O)c2ccccc2)O1. The van der Waals surface area contributed by atoms with E-state index < -0.39 is 24.1 Å². The molecular formula is C21H26O4. The Morgan fingerprint density at radius 2 is 1.68 bits per heavy atom. The third-order valence-corrected chi connectivity index (χ3v) is 4.72. The normalized spacial score (nSPS) is 25.6. The minimum atomic E-state index is -1.31. The van der Waals surface area contributed by atoms with Gasteiger partial charge in [0.25, 0.3) is 0 Å². The topological polar surface area (TPSA) is 58.9 Å². The molecule has 1 aliphatic heterocycles. The zero-order chi connectivity index (χ0) is 17.7. The fraction of sp³-hybridized carbons (Fsp3) is 0.429. The van der Waals surface area contributed by atoms with Crippen molar-refractivity contribution in [3.05, 3.63) is 71.8 Å². The van der Waals surface area contributed by atoms with E-state index in [0.29, 0.717) is 6.42 Å². The zero-order valence-electron chi connectivity index (χ0n) is 14.5. The predicted molar refractivity (Wildman–Crippen MR) is 95.9 cm³/mol. The minimum absolute atomic E-state index is 0.254. The molecule has 2 N–H and O–H groups in total. The number of rotatable bonds is 7. The quantitative estimate of drug-likeness (QED) is 0.808. The predicted octanol–water partition coefficient (Wildman–Crippen LogP) is 3.54. The van der Waals surface area contributed by atoms with Crippen molar-refractivity contribution in [3.63, 3.8) is 0 Å². The maximum atomic E-state index is 11.1. The van der Waals surface area contributed by atoms with Crippen molar-refractivity contribution in [1.29, 1.82) is 0 Å². The first-order valence-corrected chi connectivity index (χ1v) is 8.95. The molecule has 0 saturated carbocycles. The van der Waals surface area contributed by atoms with Crippen LogP contribution in [0.1, 0.15) is 43.4 Å². The van der Waals surface area contributed by atoms with Crippen LogP contribution in [0.5, 0.6) is 0 Å². The largest absolute Gasteiger partial charge is 0.390 e. The Bertz CT molecular complexity index is 645. The van der Waals surface area contributed by atoms with E-state index in [4.69, 9.17) is 9.47 Å². The summed E-state index contributed by atoms with van der Waals surface area (Å²) < 4.78 is 12.2. The third-order valence-electron chi connectivity index (χ3n) is 4.72. The molecule has 1 saturated heterocycles. The van der Waals surface area contributed by atoms with Gasteiger partial charge in [-0.2, -0.15) is 0 Å². The molecule has 4 unspecified atom stereocenters. The van der Waals surface area contributed by atoms with Crippen LogP contribution < -0.4 is 0 Å². The molecule has 0 aliphatic carbocycles. The molecule has 1 heterocycles. The summed E-state index contributed by atoms with van der Waals surface area (Å²) >= 11 is 0. The number of hydrogen-bond acceptors (Lipinski definition) is 4. The fourth-order valence-corrected chi connectivity index (χ4v) is 3.27. The lowest BCUT2D eigenvalue weighted by Gasteiger charge is -2.34. The van der Waals surface area contributed by atoms with Crippen molar-refractivity contribution in [1.82, 2.24) is 0 Å². The number of aliphatic hydroxyl groups excluding tert-OH is 2. The molecule has 134 valence electrons. The monoisotopic (exact) mass is 342 g/mol. The number of aliphatic hydroxyl groups is 2. The molecule has 1 aliphatic rings. The summed E-state index contributed by atoms with van der Waals surface area (Å²) in [6.07, 6.45) is 0.566. The van der Waals surface area contributed by atoms with E-state index in [1.807, 2.05) is 60.7 Å². The van der Waals surface area contributed by atoms with Crippen LogP contribution in [0.4, 0.5) is 0 Å². The third kappa shape index (κ3) is 3.77. The molecule has 2 aromatic carbocycles. The van der Waals surface area contributed by atoms with Crippen LogP contribution in [0.25, 0.3) is 0 Å². The maximum Gasteiger partial charge on any atom is 0.226 e. The number of hydrogen-bond donors (Lipinski definition) is 2. The van der Waals surface area contributed by atoms with E-state index in [2.05, 4.69) is 6.92 Å². The van der Waals surface area contributed by atoms with E-state index in [1.54, 1.807) is 0 Å². The molecule has 0 aromatic heterocycles. The van der Waals surface area contributed by atoms with Gasteiger partial charge in [-0.15, -0.1) is 0 Å². The Labute approximate surface area is 149 Å². The lowest BCUT2D eigenvalue weighted by atomic mass is 9.94. The molecule has 1 fully saturated rings. The highest BCUT2D eigenvalue weighted by molar-refractivity contribution is 5.28. The van der Waals surface area contributed by atoms with Crippen LogP contribution >= 0.6 is 0 Å². The van der Waals surface area contributed by atoms with Crippen LogP contribution in [0.3, 0.4) is 0 Å². The lowest BCUT2D eigenvalue weighted by molar-refractivity contribution is -0.246. The molecule has 0 bridgehead atoms. The first-order chi connectivity index (χ1) is 12.2. The average Bonchev–Trinajstić information content (AvgIpc) is 3.13. The first-order valence-electron chi connectivity index (χ1n) is 8.95. The van der Waals surface area contributed by atoms with Gasteiger partial charge in [-0.25, -0.2) is 0 Å². The number of unbranched alkanes of at least 4 members (excludes halogenated alkanes) is 1. The van der Waals surface area contributed by atoms with Crippen LogP contribution in [-0.2, 0) is 15.3 Å². The summed E-state index contributed by atoms with van der Waals surface area (Å²) in [6.45, 7) is 2.34. The van der Waals surface area contributed by atoms with E-state index >= 15 is 0 Å². The highest BCUT2D eigenvalue weighted by Crippen LogP contribution is 2.45. The summed E-state index contributed by atoms with van der Waals surface area (Å²) in [5.41, 5.74) is 1.46. The van der Waals surface area contributed by atoms with Gasteiger partial charge < -0.3 is 19.7 Å². The van der Waals surface area contributed by atoms with E-state index in [0.717, 1.165) is 24.0 Å². The molecule has 0 amide bonds. The Morgan fingerprint density at radius 1 is 1.04 bits per heavy atom. The first kappa shape index (κ1) is 18.1. The van der Waals surface area contributed by atoms with Gasteiger partial charge in [-0.1, -0.05) is 80.4 Å². The highest BCUT2D eigenvalue weighted by Gasteiger charge is 2.51. The van der Waals surface area contributed by atoms with Crippen LogP contribution in [0.15, 0.2) is 60.7 Å². The van der Waals surface area contributed by atoms with Crippen molar-refractivity contribution in [2.75, 3.05) is 6.61 Å². The number of benzene rings is 2. The van der Waals surface area contributed by atoms with Gasteiger partial charge >= 0.3 is 0 Å². The Kier molecular flexibility index (Phi) is 5.86. The summed E-state index contributed by atoms with van der Waals surface area (Å²) in [5, 5.41) is 21.5. The van der Waals surface area contributed by atoms with Gasteiger partial charge in [0.05, 0.1) is 12.7 Å². The van der Waals surface area contributed by atoms with Gasteiger partial charge in [-0.05, 0) is 12.0 Å². The van der Waals surface area contributed by atoms with Gasteiger partial charge in [0, 0.05) is 5.56 Å². The molecule has 4 atom stereocenters.